The van der Waals surface area contributed by atoms with E-state index in [1.807, 2.05) is 18.2 Å². The quantitative estimate of drug-likeness (QED) is 0.744. The fourth-order valence-corrected chi connectivity index (χ4v) is 5.14. The van der Waals surface area contributed by atoms with Gasteiger partial charge in [-0.3, -0.25) is 4.79 Å². The summed E-state index contributed by atoms with van der Waals surface area (Å²) in [6, 6.07) is 8.02. The summed E-state index contributed by atoms with van der Waals surface area (Å²) in [5.41, 5.74) is 1.14. The van der Waals surface area contributed by atoms with E-state index < -0.39 is 0 Å². The van der Waals surface area contributed by atoms with E-state index in [0.29, 0.717) is 12.3 Å². The van der Waals surface area contributed by atoms with E-state index in [0.717, 1.165) is 80.9 Å². The second-order valence-electron chi connectivity index (χ2n) is 8.24. The molecule has 30 heavy (non-hydrogen) atoms. The number of likely N-dealkylation sites (N-methyl/N-ethyl adjacent to an activating group) is 1. The molecule has 162 valence electrons. The van der Waals surface area contributed by atoms with Gasteiger partial charge in [-0.2, -0.15) is 4.37 Å². The van der Waals surface area contributed by atoms with Crippen molar-refractivity contribution in [2.24, 2.45) is 5.92 Å². The Morgan fingerprint density at radius 3 is 2.90 bits per heavy atom. The lowest BCUT2D eigenvalue weighted by Crippen LogP contribution is -3.14. The highest BCUT2D eigenvalue weighted by Gasteiger charge is 2.32. The molecule has 2 fully saturated rings. The maximum Gasteiger partial charge on any atom is 0.227 e. The Balaban J connectivity index is 1.36. The van der Waals surface area contributed by atoms with Gasteiger partial charge in [-0.25, -0.2) is 4.98 Å². The number of hydrogen-bond donors (Lipinski definition) is 1. The number of rotatable bonds is 6. The van der Waals surface area contributed by atoms with E-state index in [1.54, 1.807) is 12.0 Å². The lowest BCUT2D eigenvalue weighted by molar-refractivity contribution is -0.902. The molecule has 3 heterocycles. The molecule has 1 aromatic carbocycles. The normalized spacial score (nSPS) is 20.4. The average Bonchev–Trinajstić information content (AvgIpc) is 3.27. The third-order valence-electron chi connectivity index (χ3n) is 6.28. The maximum atomic E-state index is 13.1. The van der Waals surface area contributed by atoms with Gasteiger partial charge in [0.1, 0.15) is 11.6 Å². The zero-order valence-electron chi connectivity index (χ0n) is 18.0. The monoisotopic (exact) mass is 430 g/mol. The predicted octanol–water partition coefficient (Wildman–Crippen LogP) is 1.10. The SMILES string of the molecule is CC[NH+]1CCN(C(=O)[C@H]2CCCN(c3nc(Cc4cccc(OC)c4)ns3)C2)CC1. The summed E-state index contributed by atoms with van der Waals surface area (Å²) >= 11 is 1.44. The van der Waals surface area contributed by atoms with Crippen LogP contribution < -0.4 is 14.5 Å². The Labute approximate surface area is 182 Å². The summed E-state index contributed by atoms with van der Waals surface area (Å²) in [6.45, 7) is 9.00. The lowest BCUT2D eigenvalue weighted by atomic mass is 9.96. The van der Waals surface area contributed by atoms with Crippen molar-refractivity contribution in [3.63, 3.8) is 0 Å². The molecule has 0 bridgehead atoms. The Kier molecular flexibility index (Phi) is 6.84. The lowest BCUT2D eigenvalue weighted by Gasteiger charge is -2.37. The number of hydrogen-bond acceptors (Lipinski definition) is 6. The Bertz CT molecular complexity index is 850. The van der Waals surface area contributed by atoms with Crippen molar-refractivity contribution in [2.45, 2.75) is 26.2 Å². The van der Waals surface area contributed by atoms with Crippen molar-refractivity contribution in [3.05, 3.63) is 35.7 Å². The first-order valence-corrected chi connectivity index (χ1v) is 11.8. The van der Waals surface area contributed by atoms with Crippen LogP contribution in [0.1, 0.15) is 31.2 Å². The number of carbonyl (C=O) groups excluding carboxylic acids is 1. The minimum Gasteiger partial charge on any atom is -0.497 e. The van der Waals surface area contributed by atoms with E-state index in [9.17, 15) is 4.79 Å². The van der Waals surface area contributed by atoms with Crippen LogP contribution in [0, 0.1) is 5.92 Å². The van der Waals surface area contributed by atoms with Gasteiger partial charge >= 0.3 is 0 Å². The van der Waals surface area contributed by atoms with Crippen molar-refractivity contribution in [2.75, 3.05) is 57.8 Å². The van der Waals surface area contributed by atoms with Gasteiger partial charge in [-0.05, 0) is 37.5 Å². The largest absolute Gasteiger partial charge is 0.497 e. The zero-order valence-corrected chi connectivity index (χ0v) is 18.8. The van der Waals surface area contributed by atoms with Crippen LogP contribution in [0.4, 0.5) is 5.13 Å². The maximum absolute atomic E-state index is 13.1. The van der Waals surface area contributed by atoms with Crippen LogP contribution in [-0.2, 0) is 11.2 Å². The molecule has 4 rings (SSSR count). The molecule has 0 aliphatic carbocycles. The minimum atomic E-state index is 0.0765. The summed E-state index contributed by atoms with van der Waals surface area (Å²) in [5.74, 6) is 2.08. The Morgan fingerprint density at radius 2 is 2.13 bits per heavy atom. The fraction of sp³-hybridized carbons (Fsp3) is 0.591. The molecule has 1 N–H and O–H groups in total. The van der Waals surface area contributed by atoms with E-state index in [2.05, 4.69) is 27.2 Å². The summed E-state index contributed by atoms with van der Waals surface area (Å²) in [7, 11) is 1.68. The molecule has 8 heteroatoms. The third-order valence-corrected chi connectivity index (χ3v) is 7.09. The van der Waals surface area contributed by atoms with Gasteiger partial charge in [-0.15, -0.1) is 0 Å². The molecule has 1 amide bonds. The molecular weight excluding hydrogens is 398 g/mol. The first-order chi connectivity index (χ1) is 14.7. The number of nitrogens with zero attached hydrogens (tertiary/aromatic N) is 4. The van der Waals surface area contributed by atoms with Crippen LogP contribution in [0.25, 0.3) is 0 Å². The van der Waals surface area contributed by atoms with Crippen LogP contribution in [0.3, 0.4) is 0 Å². The number of methoxy groups -OCH3 is 1. The molecule has 1 atom stereocenters. The molecule has 2 saturated heterocycles. The number of quaternary nitrogens is 1. The van der Waals surface area contributed by atoms with E-state index in [4.69, 9.17) is 9.72 Å². The predicted molar refractivity (Wildman–Crippen MR) is 118 cm³/mol. The fourth-order valence-electron chi connectivity index (χ4n) is 4.42. The molecule has 0 saturated carbocycles. The Hall–Kier alpha value is -2.19. The van der Waals surface area contributed by atoms with Crippen LogP contribution in [-0.4, -0.2) is 73.1 Å². The van der Waals surface area contributed by atoms with Crippen molar-refractivity contribution in [1.29, 1.82) is 0 Å². The van der Waals surface area contributed by atoms with Crippen molar-refractivity contribution < 1.29 is 14.4 Å². The van der Waals surface area contributed by atoms with Crippen LogP contribution in [0.15, 0.2) is 24.3 Å². The van der Waals surface area contributed by atoms with E-state index in [-0.39, 0.29) is 5.92 Å². The van der Waals surface area contributed by atoms with Gasteiger partial charge in [0, 0.05) is 31.0 Å². The number of piperazine rings is 1. The molecule has 1 aromatic heterocycles. The molecule has 0 spiro atoms. The van der Waals surface area contributed by atoms with Gasteiger partial charge in [0.05, 0.1) is 45.8 Å². The van der Waals surface area contributed by atoms with E-state index >= 15 is 0 Å². The summed E-state index contributed by atoms with van der Waals surface area (Å²) in [6.07, 6.45) is 2.70. The van der Waals surface area contributed by atoms with Gasteiger partial charge < -0.3 is 19.4 Å². The van der Waals surface area contributed by atoms with Crippen LogP contribution in [0.2, 0.25) is 0 Å². The number of nitrogens with one attached hydrogen (secondary N) is 1. The minimum absolute atomic E-state index is 0.0765. The smallest absolute Gasteiger partial charge is 0.227 e. The van der Waals surface area contributed by atoms with Gasteiger partial charge in [-0.1, -0.05) is 12.1 Å². The molecule has 2 aliphatic heterocycles. The summed E-state index contributed by atoms with van der Waals surface area (Å²) in [4.78, 5) is 23.8. The molecule has 0 radical (unpaired) electrons. The molecular formula is C22H32N5O2S+. The third kappa shape index (κ3) is 4.92. The first kappa shape index (κ1) is 21.1. The summed E-state index contributed by atoms with van der Waals surface area (Å²) in [5, 5.41) is 0.936. The van der Waals surface area contributed by atoms with Gasteiger partial charge in [0.25, 0.3) is 0 Å². The molecule has 0 unspecified atom stereocenters. The van der Waals surface area contributed by atoms with E-state index in [1.165, 1.54) is 11.5 Å². The highest BCUT2D eigenvalue weighted by Crippen LogP contribution is 2.27. The van der Waals surface area contributed by atoms with Crippen molar-refractivity contribution in [1.82, 2.24) is 14.3 Å². The topological polar surface area (TPSA) is 63.0 Å². The number of aromatic nitrogens is 2. The number of carbonyl (C=O) groups is 1. The van der Waals surface area contributed by atoms with Crippen LogP contribution in [0.5, 0.6) is 5.75 Å². The molecule has 2 aliphatic rings. The second-order valence-corrected chi connectivity index (χ2v) is 8.97. The number of benzene rings is 1. The number of ether oxygens (including phenoxy) is 1. The highest BCUT2D eigenvalue weighted by atomic mass is 32.1. The second kappa shape index (κ2) is 9.75. The van der Waals surface area contributed by atoms with Gasteiger partial charge in [0.2, 0.25) is 11.0 Å². The standard InChI is InChI=1S/C22H31N5O2S/c1-3-25-10-12-26(13-11-25)21(28)18-7-5-9-27(16-18)22-23-20(24-30-22)15-17-6-4-8-19(14-17)29-2/h4,6,8,14,18H,3,5,7,9-13,15-16H2,1-2H3/p+1/t18-/m0/s1. The highest BCUT2D eigenvalue weighted by molar-refractivity contribution is 7.09. The molecule has 2 aromatic rings. The van der Waals surface area contributed by atoms with Crippen LogP contribution >= 0.6 is 11.5 Å². The van der Waals surface area contributed by atoms with Crippen molar-refractivity contribution in [3.8, 4) is 5.75 Å². The van der Waals surface area contributed by atoms with Gasteiger partial charge in [0.15, 0.2) is 0 Å². The average molecular weight is 431 g/mol. The Morgan fingerprint density at radius 1 is 1.30 bits per heavy atom. The number of anilines is 1. The van der Waals surface area contributed by atoms with Crippen molar-refractivity contribution >= 4 is 22.6 Å². The molecule has 7 nitrogen and oxygen atoms in total. The first-order valence-electron chi connectivity index (χ1n) is 11.0. The zero-order chi connectivity index (χ0) is 20.9. The summed E-state index contributed by atoms with van der Waals surface area (Å²) < 4.78 is 9.88. The number of amides is 1. The number of piperidine rings is 1.